The molecule has 4 N–H and O–H groups in total. The minimum absolute atomic E-state index is 0.210. The van der Waals surface area contributed by atoms with Gasteiger partial charge in [-0.05, 0) is 5.56 Å². The Morgan fingerprint density at radius 1 is 1.19 bits per heavy atom. The van der Waals surface area contributed by atoms with Crippen LogP contribution in [0.15, 0.2) is 30.3 Å². The molecule has 1 unspecified atom stereocenters. The lowest BCUT2D eigenvalue weighted by Gasteiger charge is -2.16. The molecule has 0 bridgehead atoms. The largest absolute Gasteiger partial charge is 0.480 e. The van der Waals surface area contributed by atoms with Crippen molar-refractivity contribution in [3.63, 3.8) is 0 Å². The maximum Gasteiger partial charge on any atom is 0.472 e. The van der Waals surface area contributed by atoms with Gasteiger partial charge in [-0.3, -0.25) is 9.05 Å². The van der Waals surface area contributed by atoms with E-state index in [2.05, 4.69) is 9.05 Å². The van der Waals surface area contributed by atoms with Crippen LogP contribution >= 0.6 is 7.82 Å². The summed E-state index contributed by atoms with van der Waals surface area (Å²) in [6.07, 6.45) is -1.59. The molecule has 1 rings (SSSR count). The first-order valence-corrected chi connectivity index (χ1v) is 7.18. The number of hydrogen-bond donors (Lipinski definition) is 4. The Labute approximate surface area is 119 Å². The molecule has 0 fully saturated rings. The second kappa shape index (κ2) is 7.75. The molecule has 0 heterocycles. The van der Waals surface area contributed by atoms with Crippen LogP contribution in [0.25, 0.3) is 0 Å². The van der Waals surface area contributed by atoms with E-state index in [1.54, 1.807) is 35.6 Å². The summed E-state index contributed by atoms with van der Waals surface area (Å²) in [5, 5.41) is 18.8. The van der Waals surface area contributed by atoms with Crippen LogP contribution in [-0.4, -0.2) is 39.8 Å². The first-order valence-electron chi connectivity index (χ1n) is 5.68. The van der Waals surface area contributed by atoms with Gasteiger partial charge in [0.1, 0.15) is 0 Å². The zero-order chi connectivity index (χ0) is 15.9. The number of rotatable bonds is 8. The molecule has 0 aliphatic heterocycles. The number of carbonyl (C=O) groups is 2. The van der Waals surface area contributed by atoms with Crippen LogP contribution in [0.5, 0.6) is 0 Å². The third kappa shape index (κ3) is 6.87. The maximum atomic E-state index is 11.5. The first kappa shape index (κ1) is 17.1. The molecule has 2 atom stereocenters. The summed E-state index contributed by atoms with van der Waals surface area (Å²) in [4.78, 5) is 30.5. The van der Waals surface area contributed by atoms with Crippen molar-refractivity contribution in [2.75, 3.05) is 6.61 Å². The van der Waals surface area contributed by atoms with Gasteiger partial charge in [0.25, 0.3) is 0 Å². The summed E-state index contributed by atoms with van der Waals surface area (Å²) in [6.45, 7) is -1.05. The van der Waals surface area contributed by atoms with E-state index < -0.39 is 32.5 Å². The van der Waals surface area contributed by atoms with Crippen molar-refractivity contribution < 1.29 is 38.3 Å². The van der Waals surface area contributed by atoms with E-state index in [-0.39, 0.29) is 6.61 Å². The lowest BCUT2D eigenvalue weighted by Crippen LogP contribution is -2.43. The van der Waals surface area contributed by atoms with Crippen molar-refractivity contribution in [3.8, 4) is 0 Å². The molecule has 0 aliphatic rings. The standard InChI is InChI=1S/C11H14NO8P/c13-10(14)9(12-11(15)16)7-20-21(17,18)19-6-8-4-2-1-3-5-8/h1-5,9,12H,6-7H2,(H,13,14)(H,15,16)(H,17,18)/t9-/m0/s1. The zero-order valence-electron chi connectivity index (χ0n) is 10.7. The molecule has 0 aliphatic carbocycles. The van der Waals surface area contributed by atoms with Gasteiger partial charge < -0.3 is 20.4 Å². The predicted molar refractivity (Wildman–Crippen MR) is 69.6 cm³/mol. The normalized spacial score (nSPS) is 14.9. The number of carboxylic acid groups (broad SMARTS) is 2. The molecule has 9 nitrogen and oxygen atoms in total. The van der Waals surface area contributed by atoms with Crippen molar-refractivity contribution in [1.29, 1.82) is 0 Å². The van der Waals surface area contributed by atoms with Crippen LogP contribution in [0.1, 0.15) is 5.56 Å². The van der Waals surface area contributed by atoms with Gasteiger partial charge in [0, 0.05) is 0 Å². The number of phosphoric acid groups is 1. The van der Waals surface area contributed by atoms with E-state index in [9.17, 15) is 19.0 Å². The van der Waals surface area contributed by atoms with E-state index in [1.807, 2.05) is 0 Å². The monoisotopic (exact) mass is 319 g/mol. The third-order valence-electron chi connectivity index (χ3n) is 2.24. The SMILES string of the molecule is O=C(O)N[C@@H](COP(=O)(O)OCc1ccccc1)C(=O)O. The van der Waals surface area contributed by atoms with E-state index in [1.165, 1.54) is 0 Å². The van der Waals surface area contributed by atoms with Gasteiger partial charge in [-0.25, -0.2) is 14.2 Å². The Kier molecular flexibility index (Phi) is 6.32. The molecule has 0 aromatic heterocycles. The average Bonchev–Trinajstić information content (AvgIpc) is 2.42. The molecule has 0 radical (unpaired) electrons. The molecule has 0 saturated carbocycles. The van der Waals surface area contributed by atoms with Gasteiger partial charge in [-0.2, -0.15) is 0 Å². The molecular formula is C11H14NO8P. The molecular weight excluding hydrogens is 305 g/mol. The van der Waals surface area contributed by atoms with Gasteiger partial charge in [-0.15, -0.1) is 0 Å². The first-order chi connectivity index (χ1) is 9.80. The number of amides is 1. The molecule has 0 spiro atoms. The fourth-order valence-corrected chi connectivity index (χ4v) is 1.98. The van der Waals surface area contributed by atoms with Gasteiger partial charge in [-0.1, -0.05) is 30.3 Å². The average molecular weight is 319 g/mol. The quantitative estimate of drug-likeness (QED) is 0.521. The summed E-state index contributed by atoms with van der Waals surface area (Å²) in [5.41, 5.74) is 0.619. The smallest absolute Gasteiger partial charge is 0.472 e. The van der Waals surface area contributed by atoms with Gasteiger partial charge >= 0.3 is 19.9 Å². The minimum atomic E-state index is -4.49. The lowest BCUT2D eigenvalue weighted by atomic mass is 10.2. The van der Waals surface area contributed by atoms with E-state index in [0.717, 1.165) is 0 Å². The van der Waals surface area contributed by atoms with Crippen LogP contribution in [0.3, 0.4) is 0 Å². The summed E-state index contributed by atoms with van der Waals surface area (Å²) >= 11 is 0. The minimum Gasteiger partial charge on any atom is -0.480 e. The number of benzene rings is 1. The van der Waals surface area contributed by atoms with Crippen LogP contribution in [0.4, 0.5) is 4.79 Å². The lowest BCUT2D eigenvalue weighted by molar-refractivity contribution is -0.140. The van der Waals surface area contributed by atoms with Gasteiger partial charge in [0.2, 0.25) is 0 Å². The number of nitrogens with one attached hydrogen (secondary N) is 1. The number of phosphoric ester groups is 1. The van der Waals surface area contributed by atoms with Crippen molar-refractivity contribution in [2.24, 2.45) is 0 Å². The van der Waals surface area contributed by atoms with Crippen LogP contribution in [-0.2, 0) is 25.0 Å². The zero-order valence-corrected chi connectivity index (χ0v) is 11.6. The Balaban J connectivity index is 2.49. The molecule has 10 heteroatoms. The predicted octanol–water partition coefficient (Wildman–Crippen LogP) is 1.04. The number of carboxylic acids is 1. The van der Waals surface area contributed by atoms with Crippen LogP contribution in [0, 0.1) is 0 Å². The van der Waals surface area contributed by atoms with Crippen LogP contribution < -0.4 is 5.32 Å². The molecule has 1 aromatic rings. The highest BCUT2D eigenvalue weighted by molar-refractivity contribution is 7.47. The second-order valence-corrected chi connectivity index (χ2v) is 5.32. The van der Waals surface area contributed by atoms with Crippen molar-refractivity contribution >= 4 is 19.9 Å². The maximum absolute atomic E-state index is 11.5. The van der Waals surface area contributed by atoms with E-state index >= 15 is 0 Å². The molecule has 0 saturated heterocycles. The second-order valence-electron chi connectivity index (χ2n) is 3.86. The molecule has 21 heavy (non-hydrogen) atoms. The summed E-state index contributed by atoms with van der Waals surface area (Å²) in [6, 6.07) is 6.81. The fraction of sp³-hybridized carbons (Fsp3) is 0.273. The Morgan fingerprint density at radius 2 is 1.81 bits per heavy atom. The van der Waals surface area contributed by atoms with Gasteiger partial charge in [0.15, 0.2) is 6.04 Å². The highest BCUT2D eigenvalue weighted by Crippen LogP contribution is 2.44. The summed E-state index contributed by atoms with van der Waals surface area (Å²) in [7, 11) is -4.49. The van der Waals surface area contributed by atoms with E-state index in [0.29, 0.717) is 5.56 Å². The molecule has 116 valence electrons. The summed E-state index contributed by atoms with van der Waals surface area (Å²) in [5.74, 6) is -1.54. The summed E-state index contributed by atoms with van der Waals surface area (Å²) < 4.78 is 20.7. The highest BCUT2D eigenvalue weighted by atomic mass is 31.2. The molecule has 1 aromatic carbocycles. The fourth-order valence-electron chi connectivity index (χ4n) is 1.26. The number of aliphatic carboxylic acids is 1. The van der Waals surface area contributed by atoms with Crippen molar-refractivity contribution in [3.05, 3.63) is 35.9 Å². The highest BCUT2D eigenvalue weighted by Gasteiger charge is 2.27. The number of hydrogen-bond acceptors (Lipinski definition) is 5. The molecule has 1 amide bonds. The van der Waals surface area contributed by atoms with E-state index in [4.69, 9.17) is 10.2 Å². The topological polar surface area (TPSA) is 142 Å². The Morgan fingerprint density at radius 3 is 2.33 bits per heavy atom. The third-order valence-corrected chi connectivity index (χ3v) is 3.17. The van der Waals surface area contributed by atoms with Crippen LogP contribution in [0.2, 0.25) is 0 Å². The van der Waals surface area contributed by atoms with Gasteiger partial charge in [0.05, 0.1) is 13.2 Å². The van der Waals surface area contributed by atoms with Crippen molar-refractivity contribution in [1.82, 2.24) is 5.32 Å². The Bertz CT molecular complexity index is 534. The Hall–Kier alpha value is -1.93. The van der Waals surface area contributed by atoms with Crippen molar-refractivity contribution in [2.45, 2.75) is 12.6 Å².